The van der Waals surface area contributed by atoms with Gasteiger partial charge in [-0.3, -0.25) is 0 Å². The maximum absolute atomic E-state index is 13.8. The summed E-state index contributed by atoms with van der Waals surface area (Å²) in [6, 6.07) is 0. The number of hydrogen-bond donors (Lipinski definition) is 0. The largest absolute Gasteiger partial charge is 0.481 e. The van der Waals surface area contributed by atoms with Gasteiger partial charge in [-0.25, -0.2) is 8.78 Å². The molecule has 2 rings (SSSR count). The van der Waals surface area contributed by atoms with Crippen LogP contribution in [0.4, 0.5) is 26.3 Å². The number of oxime groups is 1. The first-order chi connectivity index (χ1) is 11.6. The molecule has 0 atom stereocenters. The molecule has 0 aromatic heterocycles. The van der Waals surface area contributed by atoms with Crippen molar-refractivity contribution in [2.24, 2.45) is 5.16 Å². The molecule has 0 saturated heterocycles. The fourth-order valence-corrected chi connectivity index (χ4v) is 2.68. The summed E-state index contributed by atoms with van der Waals surface area (Å²) in [5, 5.41) is 4.20. The lowest BCUT2D eigenvalue weighted by atomic mass is 10.1. The number of nitrogens with zero attached hydrogens (tertiary/aromatic N) is 1. The third kappa shape index (κ3) is 4.65. The van der Waals surface area contributed by atoms with Gasteiger partial charge in [0.25, 0.3) is 6.43 Å². The van der Waals surface area contributed by atoms with Crippen LogP contribution >= 0.6 is 11.8 Å². The molecular weight excluding hydrogens is 376 g/mol. The van der Waals surface area contributed by atoms with E-state index >= 15 is 0 Å². The van der Waals surface area contributed by atoms with E-state index in [1.54, 1.807) is 13.8 Å². The summed E-state index contributed by atoms with van der Waals surface area (Å²) < 4.78 is 87.9. The fourth-order valence-electron chi connectivity index (χ4n) is 1.83. The van der Waals surface area contributed by atoms with Crippen LogP contribution in [0.15, 0.2) is 5.16 Å². The molecule has 0 N–H and O–H groups in total. The van der Waals surface area contributed by atoms with Crippen LogP contribution in [0.1, 0.15) is 20.3 Å². The average molecular weight is 389 g/mol. The molecule has 0 fully saturated rings. The van der Waals surface area contributed by atoms with E-state index in [1.807, 2.05) is 0 Å². The van der Waals surface area contributed by atoms with Crippen LogP contribution in [-0.2, 0) is 4.84 Å². The molecule has 1 heterocycles. The van der Waals surface area contributed by atoms with Crippen molar-refractivity contribution in [3.63, 3.8) is 0 Å². The Kier molecular flexibility index (Phi) is 5.96. The zero-order valence-corrected chi connectivity index (χ0v) is 13.9. The monoisotopic (exact) mass is 389 g/mol. The first kappa shape index (κ1) is 19.5. The second-order valence-electron chi connectivity index (χ2n) is 5.54. The predicted molar refractivity (Wildman–Crippen MR) is 78.1 cm³/mol. The highest BCUT2D eigenvalue weighted by atomic mass is 32.2. The first-order valence-corrected chi connectivity index (χ1v) is 7.88. The fraction of sp³-hybridized carbons (Fsp3) is 0.500. The topological polar surface area (TPSA) is 40.0 Å². The molecule has 0 aliphatic carbocycles. The zero-order chi connectivity index (χ0) is 18.8. The minimum absolute atomic E-state index is 0.401. The Morgan fingerprint density at radius 1 is 1.04 bits per heavy atom. The highest BCUT2D eigenvalue weighted by Crippen LogP contribution is 2.35. The molecule has 0 unspecified atom stereocenters. The van der Waals surface area contributed by atoms with E-state index in [0.29, 0.717) is 11.5 Å². The van der Waals surface area contributed by atoms with Gasteiger partial charge in [0.05, 0.1) is 0 Å². The lowest BCUT2D eigenvalue weighted by Crippen LogP contribution is -2.18. The van der Waals surface area contributed by atoms with E-state index in [-0.39, 0.29) is 0 Å². The molecule has 0 bridgehead atoms. The molecule has 1 aliphatic rings. The number of hydrogen-bond acceptors (Lipinski definition) is 5. The summed E-state index contributed by atoms with van der Waals surface area (Å²) in [6.07, 6.45) is -2.65. The molecule has 4 nitrogen and oxygen atoms in total. The maximum Gasteiger partial charge on any atom is 0.272 e. The molecule has 0 spiro atoms. The van der Waals surface area contributed by atoms with Gasteiger partial charge >= 0.3 is 0 Å². The number of alkyl halides is 2. The molecule has 0 saturated carbocycles. The summed E-state index contributed by atoms with van der Waals surface area (Å²) >= 11 is 0.923. The van der Waals surface area contributed by atoms with Crippen molar-refractivity contribution in [2.75, 3.05) is 12.5 Å². The highest BCUT2D eigenvalue weighted by molar-refractivity contribution is 8.13. The SMILES string of the molecule is CC1(C)CC(SCOc2c(F)c(F)c(OCC(F)F)c(F)c2F)=NO1. The van der Waals surface area contributed by atoms with Gasteiger partial charge in [0.15, 0.2) is 11.5 Å². The Bertz CT molecular complexity index is 654. The standard InChI is InChI=1S/C14H13F6NO3S/c1-14(2)3-7(21-24-14)25-5-23-13-10(19)8(17)12(9(18)11(13)20)22-4-6(15)16/h6H,3-5H2,1-2H3. The highest BCUT2D eigenvalue weighted by Gasteiger charge is 2.31. The van der Waals surface area contributed by atoms with E-state index in [4.69, 9.17) is 9.57 Å². The molecule has 140 valence electrons. The minimum Gasteiger partial charge on any atom is -0.481 e. The zero-order valence-electron chi connectivity index (χ0n) is 13.0. The van der Waals surface area contributed by atoms with E-state index in [0.717, 1.165) is 11.8 Å². The van der Waals surface area contributed by atoms with E-state index in [2.05, 4.69) is 9.89 Å². The normalized spacial score (nSPS) is 16.0. The Hall–Kier alpha value is -1.78. The number of ether oxygens (including phenoxy) is 2. The quantitative estimate of drug-likeness (QED) is 0.409. The van der Waals surface area contributed by atoms with Gasteiger partial charge in [-0.2, -0.15) is 17.6 Å². The average Bonchev–Trinajstić information content (AvgIpc) is 2.87. The van der Waals surface area contributed by atoms with Crippen molar-refractivity contribution in [3.8, 4) is 11.5 Å². The van der Waals surface area contributed by atoms with Gasteiger partial charge in [-0.1, -0.05) is 16.9 Å². The van der Waals surface area contributed by atoms with Crippen LogP contribution in [0, 0.1) is 23.3 Å². The Morgan fingerprint density at radius 3 is 2.00 bits per heavy atom. The second-order valence-corrected chi connectivity index (χ2v) is 6.53. The van der Waals surface area contributed by atoms with Crippen LogP contribution in [0.25, 0.3) is 0 Å². The lowest BCUT2D eigenvalue weighted by Gasteiger charge is -2.14. The molecule has 1 aliphatic heterocycles. The molecule has 1 aromatic rings. The summed E-state index contributed by atoms with van der Waals surface area (Å²) in [7, 11) is 0. The Morgan fingerprint density at radius 2 is 1.56 bits per heavy atom. The van der Waals surface area contributed by atoms with Gasteiger partial charge in [0, 0.05) is 6.42 Å². The summed E-state index contributed by atoms with van der Waals surface area (Å²) in [6.45, 7) is 2.12. The van der Waals surface area contributed by atoms with E-state index in [1.165, 1.54) is 0 Å². The summed E-state index contributed by atoms with van der Waals surface area (Å²) in [5.74, 6) is -11.0. The number of rotatable bonds is 6. The van der Waals surface area contributed by atoms with Gasteiger partial charge in [0.1, 0.15) is 23.2 Å². The van der Waals surface area contributed by atoms with Gasteiger partial charge in [0.2, 0.25) is 23.3 Å². The molecule has 0 radical (unpaired) electrons. The Labute approximate surface area is 143 Å². The maximum atomic E-state index is 13.8. The van der Waals surface area contributed by atoms with Crippen LogP contribution in [0.5, 0.6) is 11.5 Å². The van der Waals surface area contributed by atoms with Gasteiger partial charge in [-0.15, -0.1) is 0 Å². The minimum atomic E-state index is -3.07. The van der Waals surface area contributed by atoms with Gasteiger partial charge in [-0.05, 0) is 13.8 Å². The first-order valence-electron chi connectivity index (χ1n) is 6.90. The molecule has 25 heavy (non-hydrogen) atoms. The van der Waals surface area contributed by atoms with Crippen molar-refractivity contribution >= 4 is 16.8 Å². The summed E-state index contributed by atoms with van der Waals surface area (Å²) in [4.78, 5) is 5.07. The van der Waals surface area contributed by atoms with E-state index in [9.17, 15) is 26.3 Å². The molecule has 1 aromatic carbocycles. The van der Waals surface area contributed by atoms with Crippen LogP contribution < -0.4 is 9.47 Å². The second kappa shape index (κ2) is 7.63. The van der Waals surface area contributed by atoms with Crippen molar-refractivity contribution in [3.05, 3.63) is 23.3 Å². The number of thioether (sulfide) groups is 1. The third-order valence-corrected chi connectivity index (χ3v) is 3.72. The molecular formula is C14H13F6NO3S. The van der Waals surface area contributed by atoms with Crippen LogP contribution in [0.2, 0.25) is 0 Å². The van der Waals surface area contributed by atoms with Gasteiger partial charge < -0.3 is 14.3 Å². The van der Waals surface area contributed by atoms with E-state index < -0.39 is 59.3 Å². The van der Waals surface area contributed by atoms with Crippen molar-refractivity contribution in [2.45, 2.75) is 32.3 Å². The van der Waals surface area contributed by atoms with Crippen LogP contribution in [0.3, 0.4) is 0 Å². The van der Waals surface area contributed by atoms with Crippen LogP contribution in [-0.4, -0.2) is 29.6 Å². The molecule has 11 heteroatoms. The molecule has 0 amide bonds. The van der Waals surface area contributed by atoms with Crippen molar-refractivity contribution in [1.29, 1.82) is 0 Å². The lowest BCUT2D eigenvalue weighted by molar-refractivity contribution is 0.0123. The van der Waals surface area contributed by atoms with Crippen molar-refractivity contribution < 1.29 is 40.7 Å². The number of benzene rings is 1. The third-order valence-electron chi connectivity index (χ3n) is 2.94. The Balaban J connectivity index is 2.08. The smallest absolute Gasteiger partial charge is 0.272 e. The van der Waals surface area contributed by atoms with Crippen molar-refractivity contribution in [1.82, 2.24) is 0 Å². The number of halogens is 6. The summed E-state index contributed by atoms with van der Waals surface area (Å²) in [5.41, 5.74) is -0.527. The predicted octanol–water partition coefficient (Wildman–Crippen LogP) is 4.47.